The third-order valence-electron chi connectivity index (χ3n) is 2.45. The quantitative estimate of drug-likeness (QED) is 0.617. The van der Waals surface area contributed by atoms with E-state index in [1.807, 2.05) is 35.9 Å². The van der Waals surface area contributed by atoms with Crippen molar-refractivity contribution in [1.29, 1.82) is 0 Å². The molecule has 0 aliphatic heterocycles. The van der Waals surface area contributed by atoms with E-state index in [9.17, 15) is 0 Å². The first-order valence-corrected chi connectivity index (χ1v) is 5.05. The zero-order chi connectivity index (χ0) is 11.0. The van der Waals surface area contributed by atoms with E-state index in [2.05, 4.69) is 15.0 Å². The molecular weight excluding hydrogens is 200 g/mol. The fourth-order valence-corrected chi connectivity index (χ4v) is 1.76. The number of hydrogen-bond donors (Lipinski definition) is 0. The molecule has 0 saturated carbocycles. The molecule has 0 radical (unpaired) electrons. The van der Waals surface area contributed by atoms with Crippen molar-refractivity contribution in [1.82, 2.24) is 19.4 Å². The summed E-state index contributed by atoms with van der Waals surface area (Å²) in [6, 6.07) is 3.87. The fraction of sp³-hybridized carbons (Fsp3) is 0.0833. The molecule has 3 rings (SSSR count). The molecule has 3 aromatic heterocycles. The maximum absolute atomic E-state index is 4.47. The van der Waals surface area contributed by atoms with Gasteiger partial charge in [-0.05, 0) is 19.1 Å². The summed E-state index contributed by atoms with van der Waals surface area (Å²) >= 11 is 0. The predicted molar refractivity (Wildman–Crippen MR) is 61.0 cm³/mol. The Labute approximate surface area is 92.6 Å². The average Bonchev–Trinajstić information content (AvgIpc) is 2.70. The van der Waals surface area contributed by atoms with Crippen LogP contribution in [-0.2, 0) is 0 Å². The molecule has 78 valence electrons. The van der Waals surface area contributed by atoms with Gasteiger partial charge in [0.2, 0.25) is 0 Å². The SMILES string of the molecule is Cc1cn2ccnc(-c3ccncc3)c2n1. The van der Waals surface area contributed by atoms with Gasteiger partial charge in [0.15, 0.2) is 5.65 Å². The van der Waals surface area contributed by atoms with Crippen LogP contribution >= 0.6 is 0 Å². The number of pyridine rings is 1. The first-order chi connectivity index (χ1) is 7.84. The van der Waals surface area contributed by atoms with E-state index in [-0.39, 0.29) is 0 Å². The molecule has 4 heteroatoms. The van der Waals surface area contributed by atoms with Gasteiger partial charge in [-0.1, -0.05) is 0 Å². The van der Waals surface area contributed by atoms with Crippen LogP contribution in [0.5, 0.6) is 0 Å². The van der Waals surface area contributed by atoms with E-state index in [1.165, 1.54) is 0 Å². The van der Waals surface area contributed by atoms with Crippen molar-refractivity contribution in [3.05, 3.63) is 48.8 Å². The molecule has 3 aromatic rings. The Morgan fingerprint density at radius 3 is 2.75 bits per heavy atom. The van der Waals surface area contributed by atoms with Gasteiger partial charge in [0, 0.05) is 36.5 Å². The molecule has 0 amide bonds. The number of nitrogens with zero attached hydrogens (tertiary/aromatic N) is 4. The summed E-state index contributed by atoms with van der Waals surface area (Å²) in [5.74, 6) is 0. The second kappa shape index (κ2) is 3.41. The first-order valence-electron chi connectivity index (χ1n) is 5.05. The van der Waals surface area contributed by atoms with Gasteiger partial charge in [-0.2, -0.15) is 0 Å². The van der Waals surface area contributed by atoms with Gasteiger partial charge in [0.1, 0.15) is 5.69 Å². The van der Waals surface area contributed by atoms with Crippen LogP contribution in [0.3, 0.4) is 0 Å². The van der Waals surface area contributed by atoms with E-state index >= 15 is 0 Å². The van der Waals surface area contributed by atoms with Crippen molar-refractivity contribution >= 4 is 5.65 Å². The summed E-state index contributed by atoms with van der Waals surface area (Å²) in [4.78, 5) is 12.9. The lowest BCUT2D eigenvalue weighted by Crippen LogP contribution is -1.91. The lowest BCUT2D eigenvalue weighted by atomic mass is 10.2. The lowest BCUT2D eigenvalue weighted by molar-refractivity contribution is 1.13. The first kappa shape index (κ1) is 9.03. The summed E-state index contributed by atoms with van der Waals surface area (Å²) in [5, 5.41) is 0. The molecule has 16 heavy (non-hydrogen) atoms. The Morgan fingerprint density at radius 1 is 1.12 bits per heavy atom. The molecule has 0 aromatic carbocycles. The number of aromatic nitrogens is 4. The van der Waals surface area contributed by atoms with Crippen LogP contribution in [-0.4, -0.2) is 19.4 Å². The lowest BCUT2D eigenvalue weighted by Gasteiger charge is -2.01. The molecule has 0 fully saturated rings. The minimum atomic E-state index is 0.881. The van der Waals surface area contributed by atoms with Crippen LogP contribution in [0.1, 0.15) is 5.69 Å². The minimum absolute atomic E-state index is 0.881. The second-order valence-corrected chi connectivity index (χ2v) is 3.62. The molecule has 0 bridgehead atoms. The van der Waals surface area contributed by atoms with Crippen molar-refractivity contribution < 1.29 is 0 Å². The highest BCUT2D eigenvalue weighted by Gasteiger charge is 2.07. The van der Waals surface area contributed by atoms with Crippen LogP contribution in [0, 0.1) is 6.92 Å². The number of imidazole rings is 1. The maximum atomic E-state index is 4.47. The second-order valence-electron chi connectivity index (χ2n) is 3.62. The summed E-state index contributed by atoms with van der Waals surface area (Å²) in [7, 11) is 0. The van der Waals surface area contributed by atoms with Gasteiger partial charge in [0.05, 0.1) is 5.69 Å². The Morgan fingerprint density at radius 2 is 1.94 bits per heavy atom. The number of hydrogen-bond acceptors (Lipinski definition) is 3. The van der Waals surface area contributed by atoms with Crippen LogP contribution in [0.2, 0.25) is 0 Å². The zero-order valence-corrected chi connectivity index (χ0v) is 8.83. The highest BCUT2D eigenvalue weighted by Crippen LogP contribution is 2.20. The average molecular weight is 210 g/mol. The highest BCUT2D eigenvalue weighted by atomic mass is 15.0. The normalized spacial score (nSPS) is 10.8. The molecular formula is C12H10N4. The number of rotatable bonds is 1. The Hall–Kier alpha value is -2.23. The fourth-order valence-electron chi connectivity index (χ4n) is 1.76. The molecule has 0 N–H and O–H groups in total. The Balaban J connectivity index is 2.31. The third-order valence-corrected chi connectivity index (χ3v) is 2.45. The van der Waals surface area contributed by atoms with E-state index in [0.717, 1.165) is 22.6 Å². The summed E-state index contributed by atoms with van der Waals surface area (Å²) in [6.07, 6.45) is 9.19. The molecule has 0 aliphatic carbocycles. The van der Waals surface area contributed by atoms with Crippen LogP contribution in [0.25, 0.3) is 16.9 Å². The van der Waals surface area contributed by atoms with Crippen LogP contribution < -0.4 is 0 Å². The van der Waals surface area contributed by atoms with Gasteiger partial charge in [-0.3, -0.25) is 9.97 Å². The van der Waals surface area contributed by atoms with Gasteiger partial charge in [0.25, 0.3) is 0 Å². The molecule has 0 aliphatic rings. The summed E-state index contributed by atoms with van der Waals surface area (Å²) < 4.78 is 1.98. The minimum Gasteiger partial charge on any atom is -0.303 e. The van der Waals surface area contributed by atoms with Crippen molar-refractivity contribution in [3.8, 4) is 11.3 Å². The van der Waals surface area contributed by atoms with Gasteiger partial charge in [-0.25, -0.2) is 4.98 Å². The molecule has 3 heterocycles. The van der Waals surface area contributed by atoms with Crippen molar-refractivity contribution in [2.45, 2.75) is 6.92 Å². The molecule has 4 nitrogen and oxygen atoms in total. The van der Waals surface area contributed by atoms with Crippen LogP contribution in [0.4, 0.5) is 0 Å². The van der Waals surface area contributed by atoms with Gasteiger partial charge >= 0.3 is 0 Å². The Kier molecular flexibility index (Phi) is 1.93. The number of aryl methyl sites for hydroxylation is 1. The van der Waals surface area contributed by atoms with E-state index < -0.39 is 0 Å². The van der Waals surface area contributed by atoms with Crippen LogP contribution in [0.15, 0.2) is 43.1 Å². The highest BCUT2D eigenvalue weighted by molar-refractivity contribution is 5.73. The zero-order valence-electron chi connectivity index (χ0n) is 8.83. The maximum Gasteiger partial charge on any atom is 0.163 e. The van der Waals surface area contributed by atoms with Gasteiger partial charge in [-0.15, -0.1) is 0 Å². The van der Waals surface area contributed by atoms with E-state index in [0.29, 0.717) is 0 Å². The predicted octanol–water partition coefficient (Wildman–Crippen LogP) is 2.10. The smallest absolute Gasteiger partial charge is 0.163 e. The molecule has 0 saturated heterocycles. The molecule has 0 spiro atoms. The summed E-state index contributed by atoms with van der Waals surface area (Å²) in [5.41, 5.74) is 3.79. The Bertz CT molecular complexity index is 628. The largest absolute Gasteiger partial charge is 0.303 e. The summed E-state index contributed by atoms with van der Waals surface area (Å²) in [6.45, 7) is 1.98. The van der Waals surface area contributed by atoms with Crippen molar-refractivity contribution in [2.75, 3.05) is 0 Å². The number of fused-ring (bicyclic) bond motifs is 1. The molecule has 0 atom stereocenters. The van der Waals surface area contributed by atoms with E-state index in [1.54, 1.807) is 18.6 Å². The standard InChI is InChI=1S/C12H10N4/c1-9-8-16-7-6-14-11(12(16)15-9)10-2-4-13-5-3-10/h2-8H,1H3. The van der Waals surface area contributed by atoms with Crippen molar-refractivity contribution in [2.24, 2.45) is 0 Å². The van der Waals surface area contributed by atoms with E-state index in [4.69, 9.17) is 0 Å². The monoisotopic (exact) mass is 210 g/mol. The van der Waals surface area contributed by atoms with Crippen molar-refractivity contribution in [3.63, 3.8) is 0 Å². The molecule has 0 unspecified atom stereocenters. The van der Waals surface area contributed by atoms with Gasteiger partial charge < -0.3 is 4.40 Å². The topological polar surface area (TPSA) is 43.1 Å². The third kappa shape index (κ3) is 1.35.